The monoisotopic (exact) mass is 325 g/mol. The average molecular weight is 326 g/mol. The van der Waals surface area contributed by atoms with E-state index in [4.69, 9.17) is 4.74 Å². The fraction of sp³-hybridized carbons (Fsp3) is 0.308. The molecule has 19 heavy (non-hydrogen) atoms. The quantitative estimate of drug-likeness (QED) is 0.860. The molecule has 0 fully saturated rings. The summed E-state index contributed by atoms with van der Waals surface area (Å²) in [6, 6.07) is 4.32. The van der Waals surface area contributed by atoms with Crippen molar-refractivity contribution in [2.45, 2.75) is 26.7 Å². The second-order valence-electron chi connectivity index (χ2n) is 3.87. The van der Waals surface area contributed by atoms with Gasteiger partial charge in [-0.2, -0.15) is 4.98 Å². The molecule has 1 aromatic carbocycles. The van der Waals surface area contributed by atoms with Crippen molar-refractivity contribution in [3.8, 4) is 11.8 Å². The lowest BCUT2D eigenvalue weighted by molar-refractivity contribution is 0.425. The molecule has 1 aromatic heterocycles. The zero-order valence-corrected chi connectivity index (χ0v) is 12.2. The first-order valence-electron chi connectivity index (χ1n) is 5.99. The van der Waals surface area contributed by atoms with Crippen molar-refractivity contribution in [1.29, 1.82) is 0 Å². The van der Waals surface area contributed by atoms with Gasteiger partial charge in [0.2, 0.25) is 0 Å². The highest BCUT2D eigenvalue weighted by Gasteiger charge is 2.10. The van der Waals surface area contributed by atoms with Crippen LogP contribution in [-0.2, 0) is 12.8 Å². The number of benzene rings is 1. The van der Waals surface area contributed by atoms with Crippen LogP contribution < -0.4 is 4.74 Å². The molecule has 4 nitrogen and oxygen atoms in total. The maximum atomic E-state index is 13.0. The third-order valence-electron chi connectivity index (χ3n) is 2.58. The molecule has 0 aliphatic heterocycles. The molecule has 1 heterocycles. The van der Waals surface area contributed by atoms with Gasteiger partial charge in [-0.15, -0.1) is 5.10 Å². The minimum atomic E-state index is -0.339. The molecule has 0 spiro atoms. The lowest BCUT2D eigenvalue weighted by atomic mass is 10.2. The molecule has 100 valence electrons. The van der Waals surface area contributed by atoms with E-state index < -0.39 is 0 Å². The molecule has 2 aromatic rings. The van der Waals surface area contributed by atoms with Gasteiger partial charge in [-0.1, -0.05) is 18.9 Å². The molecule has 0 aliphatic carbocycles. The Bertz CT molecular complexity index is 592. The number of ether oxygens (including phenoxy) is 1. The SMILES string of the molecule is CCc1nnc(Oc2ccc(F)cc2Br)nc1CC. The first kappa shape index (κ1) is 13.9. The van der Waals surface area contributed by atoms with Crippen molar-refractivity contribution in [3.63, 3.8) is 0 Å². The Morgan fingerprint density at radius 3 is 2.53 bits per heavy atom. The molecule has 2 rings (SSSR count). The predicted octanol–water partition coefficient (Wildman–Crippen LogP) is 3.69. The molecule has 0 atom stereocenters. The molecule has 6 heteroatoms. The second-order valence-corrected chi connectivity index (χ2v) is 4.73. The average Bonchev–Trinajstić information content (AvgIpc) is 2.41. The Balaban J connectivity index is 2.28. The molecule has 0 saturated heterocycles. The Kier molecular flexibility index (Phi) is 4.42. The number of hydrogen-bond acceptors (Lipinski definition) is 4. The largest absolute Gasteiger partial charge is 0.422 e. The van der Waals surface area contributed by atoms with Gasteiger partial charge in [-0.25, -0.2) is 4.39 Å². The maximum Gasteiger partial charge on any atom is 0.341 e. The Morgan fingerprint density at radius 2 is 1.89 bits per heavy atom. The number of halogens is 2. The summed E-state index contributed by atoms with van der Waals surface area (Å²) in [5.41, 5.74) is 1.73. The van der Waals surface area contributed by atoms with E-state index in [9.17, 15) is 4.39 Å². The Labute approximate surface area is 119 Å². The van der Waals surface area contributed by atoms with Crippen molar-refractivity contribution >= 4 is 15.9 Å². The van der Waals surface area contributed by atoms with Gasteiger partial charge in [0.25, 0.3) is 0 Å². The number of aromatic nitrogens is 3. The summed E-state index contributed by atoms with van der Waals surface area (Å²) in [5, 5.41) is 8.00. The van der Waals surface area contributed by atoms with E-state index in [2.05, 4.69) is 31.1 Å². The zero-order valence-electron chi connectivity index (χ0n) is 10.7. The Hall–Kier alpha value is -1.56. The van der Waals surface area contributed by atoms with Crippen LogP contribution in [0.4, 0.5) is 4.39 Å². The molecule has 0 saturated carbocycles. The fourth-order valence-corrected chi connectivity index (χ4v) is 2.05. The van der Waals surface area contributed by atoms with E-state index in [1.54, 1.807) is 0 Å². The summed E-state index contributed by atoms with van der Waals surface area (Å²) < 4.78 is 19.0. The molecule has 0 aliphatic rings. The van der Waals surface area contributed by atoms with Crippen molar-refractivity contribution < 1.29 is 9.13 Å². The van der Waals surface area contributed by atoms with Gasteiger partial charge in [0.15, 0.2) is 0 Å². The van der Waals surface area contributed by atoms with Crippen LogP contribution in [-0.4, -0.2) is 15.2 Å². The second kappa shape index (κ2) is 6.06. The van der Waals surface area contributed by atoms with E-state index in [1.165, 1.54) is 18.2 Å². The van der Waals surface area contributed by atoms with Crippen LogP contribution in [0.25, 0.3) is 0 Å². The van der Waals surface area contributed by atoms with Crippen LogP contribution in [0, 0.1) is 5.82 Å². The molecule has 0 amide bonds. The van der Waals surface area contributed by atoms with Crippen LogP contribution in [0.5, 0.6) is 11.8 Å². The summed E-state index contributed by atoms with van der Waals surface area (Å²) >= 11 is 3.23. The lowest BCUT2D eigenvalue weighted by Gasteiger charge is -2.08. The van der Waals surface area contributed by atoms with Gasteiger partial charge < -0.3 is 4.74 Å². The van der Waals surface area contributed by atoms with Crippen LogP contribution in [0.15, 0.2) is 22.7 Å². The van der Waals surface area contributed by atoms with Gasteiger partial charge in [0.1, 0.15) is 11.6 Å². The van der Waals surface area contributed by atoms with E-state index >= 15 is 0 Å². The van der Waals surface area contributed by atoms with Crippen molar-refractivity contribution in [2.24, 2.45) is 0 Å². The zero-order chi connectivity index (χ0) is 13.8. The van der Waals surface area contributed by atoms with Crippen molar-refractivity contribution in [1.82, 2.24) is 15.2 Å². The standard InChI is InChI=1S/C13H13BrFN3O/c1-3-10-11(4-2)17-18-13(16-10)19-12-6-5-8(15)7-9(12)14/h5-7H,3-4H2,1-2H3. The van der Waals surface area contributed by atoms with E-state index in [1.807, 2.05) is 13.8 Å². The summed E-state index contributed by atoms with van der Waals surface area (Å²) in [5.74, 6) is 0.114. The first-order valence-corrected chi connectivity index (χ1v) is 6.78. The number of hydrogen-bond donors (Lipinski definition) is 0. The number of nitrogens with zero attached hydrogens (tertiary/aromatic N) is 3. The Morgan fingerprint density at radius 1 is 1.16 bits per heavy atom. The maximum absolute atomic E-state index is 13.0. The molecule has 0 unspecified atom stereocenters. The topological polar surface area (TPSA) is 47.9 Å². The smallest absolute Gasteiger partial charge is 0.341 e. The molecule has 0 bridgehead atoms. The third-order valence-corrected chi connectivity index (χ3v) is 3.20. The minimum absolute atomic E-state index is 0.168. The predicted molar refractivity (Wildman–Crippen MR) is 72.8 cm³/mol. The van der Waals surface area contributed by atoms with Crippen molar-refractivity contribution in [2.75, 3.05) is 0 Å². The van der Waals surface area contributed by atoms with Crippen LogP contribution in [0.3, 0.4) is 0 Å². The molecule has 0 radical (unpaired) electrons. The van der Waals surface area contributed by atoms with Crippen LogP contribution >= 0.6 is 15.9 Å². The van der Waals surface area contributed by atoms with E-state index in [0.717, 1.165) is 24.2 Å². The van der Waals surface area contributed by atoms with Crippen LogP contribution in [0.1, 0.15) is 25.2 Å². The highest BCUT2D eigenvalue weighted by Crippen LogP contribution is 2.28. The summed E-state index contributed by atoms with van der Waals surface area (Å²) in [6.45, 7) is 4.00. The van der Waals surface area contributed by atoms with Crippen molar-refractivity contribution in [3.05, 3.63) is 39.9 Å². The summed E-state index contributed by atoms with van der Waals surface area (Å²) in [6.07, 6.45) is 1.54. The van der Waals surface area contributed by atoms with Gasteiger partial charge in [-0.3, -0.25) is 0 Å². The van der Waals surface area contributed by atoms with Crippen LogP contribution in [0.2, 0.25) is 0 Å². The third kappa shape index (κ3) is 3.26. The minimum Gasteiger partial charge on any atom is -0.422 e. The molecule has 0 N–H and O–H groups in total. The lowest BCUT2D eigenvalue weighted by Crippen LogP contribution is -2.04. The molecular weight excluding hydrogens is 313 g/mol. The normalized spacial score (nSPS) is 10.5. The first-order chi connectivity index (χ1) is 9.13. The highest BCUT2D eigenvalue weighted by atomic mass is 79.9. The van der Waals surface area contributed by atoms with E-state index in [0.29, 0.717) is 10.2 Å². The highest BCUT2D eigenvalue weighted by molar-refractivity contribution is 9.10. The fourth-order valence-electron chi connectivity index (χ4n) is 1.62. The van der Waals surface area contributed by atoms with Gasteiger partial charge in [-0.05, 0) is 47.0 Å². The van der Waals surface area contributed by atoms with Gasteiger partial charge in [0.05, 0.1) is 15.9 Å². The van der Waals surface area contributed by atoms with E-state index in [-0.39, 0.29) is 11.8 Å². The number of rotatable bonds is 4. The summed E-state index contributed by atoms with van der Waals surface area (Å²) in [7, 11) is 0. The van der Waals surface area contributed by atoms with Gasteiger partial charge >= 0.3 is 6.01 Å². The number of aryl methyl sites for hydroxylation is 2. The van der Waals surface area contributed by atoms with Gasteiger partial charge in [0, 0.05) is 0 Å². The summed E-state index contributed by atoms with van der Waals surface area (Å²) in [4.78, 5) is 4.31. The molecular formula is C13H13BrFN3O.